The molecule has 2 heterocycles. The van der Waals surface area contributed by atoms with E-state index in [2.05, 4.69) is 4.98 Å². The molecule has 31 heavy (non-hydrogen) atoms. The lowest BCUT2D eigenvalue weighted by Crippen LogP contribution is -2.38. The number of carbonyl (C=O) groups excluding carboxylic acids is 5. The Bertz CT molecular complexity index is 949. The van der Waals surface area contributed by atoms with Gasteiger partial charge in [0.15, 0.2) is 6.10 Å². The van der Waals surface area contributed by atoms with Crippen LogP contribution in [0.4, 0.5) is 0 Å². The molecule has 3 rings (SSSR count). The first kappa shape index (κ1) is 22.5. The van der Waals surface area contributed by atoms with E-state index in [-0.39, 0.29) is 29.7 Å². The van der Waals surface area contributed by atoms with Gasteiger partial charge in [0.25, 0.3) is 0 Å². The van der Waals surface area contributed by atoms with Gasteiger partial charge < -0.3 is 14.5 Å². The van der Waals surface area contributed by atoms with Crippen molar-refractivity contribution in [2.45, 2.75) is 46.6 Å². The molecule has 3 atom stereocenters. The summed E-state index contributed by atoms with van der Waals surface area (Å²) < 4.78 is 10.2. The fourth-order valence-electron chi connectivity index (χ4n) is 4.15. The SMILES string of the molecule is CCOC(=O)c1c(C)[nH]c(C(=O)C(C)OC(=O)CN2C(=O)C3CC=CCC3C2=O)c1C. The molecular weight excluding hydrogens is 404 g/mol. The van der Waals surface area contributed by atoms with Gasteiger partial charge in [0.05, 0.1) is 29.7 Å². The van der Waals surface area contributed by atoms with E-state index in [1.165, 1.54) is 6.92 Å². The van der Waals surface area contributed by atoms with Gasteiger partial charge in [0, 0.05) is 5.69 Å². The molecule has 2 aliphatic rings. The van der Waals surface area contributed by atoms with E-state index in [9.17, 15) is 24.0 Å². The Kier molecular flexibility index (Phi) is 6.42. The van der Waals surface area contributed by atoms with Crippen molar-refractivity contribution < 1.29 is 33.4 Å². The third kappa shape index (κ3) is 4.17. The molecule has 0 aromatic carbocycles. The molecule has 1 aliphatic heterocycles. The number of rotatable bonds is 7. The van der Waals surface area contributed by atoms with Crippen molar-refractivity contribution in [3.05, 3.63) is 34.7 Å². The van der Waals surface area contributed by atoms with Gasteiger partial charge in [-0.15, -0.1) is 0 Å². The lowest BCUT2D eigenvalue weighted by Gasteiger charge is -2.16. The molecule has 1 fully saturated rings. The predicted molar refractivity (Wildman–Crippen MR) is 108 cm³/mol. The fraction of sp³-hybridized carbons (Fsp3) is 0.500. The zero-order valence-corrected chi connectivity index (χ0v) is 18.0. The number of fused-ring (bicyclic) bond motifs is 1. The summed E-state index contributed by atoms with van der Waals surface area (Å²) in [4.78, 5) is 66.0. The molecule has 166 valence electrons. The topological polar surface area (TPSA) is 123 Å². The van der Waals surface area contributed by atoms with Crippen molar-refractivity contribution in [2.24, 2.45) is 11.8 Å². The van der Waals surface area contributed by atoms with E-state index >= 15 is 0 Å². The number of likely N-dealkylation sites (tertiary alicyclic amines) is 1. The number of esters is 2. The van der Waals surface area contributed by atoms with E-state index in [1.54, 1.807) is 20.8 Å². The summed E-state index contributed by atoms with van der Waals surface area (Å²) in [5.74, 6) is -3.55. The van der Waals surface area contributed by atoms with Crippen molar-refractivity contribution in [2.75, 3.05) is 13.2 Å². The second-order valence-corrected chi connectivity index (χ2v) is 7.76. The number of amides is 2. The number of aromatic nitrogens is 1. The number of allylic oxidation sites excluding steroid dienone is 2. The predicted octanol–water partition coefficient (Wildman–Crippen LogP) is 1.87. The minimum Gasteiger partial charge on any atom is -0.462 e. The van der Waals surface area contributed by atoms with Gasteiger partial charge in [-0.25, -0.2) is 4.79 Å². The Morgan fingerprint density at radius 1 is 1.13 bits per heavy atom. The highest BCUT2D eigenvalue weighted by Crippen LogP contribution is 2.34. The van der Waals surface area contributed by atoms with Crippen LogP contribution in [-0.4, -0.2) is 58.7 Å². The van der Waals surface area contributed by atoms with Crippen molar-refractivity contribution in [1.82, 2.24) is 9.88 Å². The van der Waals surface area contributed by atoms with Gasteiger partial charge in [0.1, 0.15) is 6.54 Å². The fourth-order valence-corrected chi connectivity index (χ4v) is 4.15. The normalized spacial score (nSPS) is 21.1. The third-order valence-electron chi connectivity index (χ3n) is 5.73. The van der Waals surface area contributed by atoms with Gasteiger partial charge in [-0.2, -0.15) is 0 Å². The number of carbonyl (C=O) groups is 5. The molecule has 0 spiro atoms. The summed E-state index contributed by atoms with van der Waals surface area (Å²) in [6.45, 7) is 6.01. The molecule has 1 saturated heterocycles. The van der Waals surface area contributed by atoms with Crippen LogP contribution in [0, 0.1) is 25.7 Å². The Hall–Kier alpha value is -3.23. The number of Topliss-reactive ketones (excluding diaryl/α,β-unsaturated/α-hetero) is 1. The van der Waals surface area contributed by atoms with Crippen LogP contribution < -0.4 is 0 Å². The van der Waals surface area contributed by atoms with Crippen LogP contribution in [0.2, 0.25) is 0 Å². The number of ketones is 1. The van der Waals surface area contributed by atoms with E-state index in [1.807, 2.05) is 12.2 Å². The molecule has 2 amide bonds. The zero-order chi connectivity index (χ0) is 22.9. The number of hydrogen-bond donors (Lipinski definition) is 1. The molecule has 9 heteroatoms. The van der Waals surface area contributed by atoms with E-state index in [0.717, 1.165) is 4.90 Å². The summed E-state index contributed by atoms with van der Waals surface area (Å²) in [5, 5.41) is 0. The second-order valence-electron chi connectivity index (χ2n) is 7.76. The van der Waals surface area contributed by atoms with Gasteiger partial charge in [-0.05, 0) is 46.1 Å². The van der Waals surface area contributed by atoms with Crippen LogP contribution in [0.3, 0.4) is 0 Å². The van der Waals surface area contributed by atoms with Crippen LogP contribution >= 0.6 is 0 Å². The van der Waals surface area contributed by atoms with Crippen LogP contribution in [0.1, 0.15) is 58.8 Å². The van der Waals surface area contributed by atoms with Crippen LogP contribution in [0.25, 0.3) is 0 Å². The summed E-state index contributed by atoms with van der Waals surface area (Å²) in [6, 6.07) is 0. The smallest absolute Gasteiger partial charge is 0.340 e. The van der Waals surface area contributed by atoms with E-state index in [4.69, 9.17) is 9.47 Å². The standard InChI is InChI=1S/C22H26N2O7/c1-5-30-22(29)17-11(2)18(23-12(17)3)19(26)13(4)31-16(25)10-24-20(27)14-8-6-7-9-15(14)21(24)28/h6-7,13-15,23H,5,8-10H2,1-4H3. The molecule has 1 aliphatic carbocycles. The number of ether oxygens (including phenoxy) is 2. The summed E-state index contributed by atoms with van der Waals surface area (Å²) in [5.41, 5.74) is 1.30. The minimum absolute atomic E-state index is 0.145. The first-order valence-electron chi connectivity index (χ1n) is 10.3. The number of aromatic amines is 1. The van der Waals surface area contributed by atoms with Crippen molar-refractivity contribution in [1.29, 1.82) is 0 Å². The van der Waals surface area contributed by atoms with Gasteiger partial charge >= 0.3 is 11.9 Å². The highest BCUT2D eigenvalue weighted by atomic mass is 16.5. The number of hydrogen-bond acceptors (Lipinski definition) is 7. The Morgan fingerprint density at radius 3 is 2.26 bits per heavy atom. The van der Waals surface area contributed by atoms with Crippen LogP contribution in [0.15, 0.2) is 12.2 Å². The first-order valence-corrected chi connectivity index (χ1v) is 10.3. The summed E-state index contributed by atoms with van der Waals surface area (Å²) in [7, 11) is 0. The average molecular weight is 430 g/mol. The zero-order valence-electron chi connectivity index (χ0n) is 18.0. The molecule has 0 bridgehead atoms. The molecule has 0 radical (unpaired) electrons. The highest BCUT2D eigenvalue weighted by molar-refractivity contribution is 6.08. The lowest BCUT2D eigenvalue weighted by molar-refractivity contribution is -0.154. The number of H-pyrrole nitrogens is 1. The molecule has 1 aromatic rings. The minimum atomic E-state index is -1.17. The Morgan fingerprint density at radius 2 is 1.71 bits per heavy atom. The van der Waals surface area contributed by atoms with Gasteiger partial charge in [0.2, 0.25) is 17.6 Å². The maximum absolute atomic E-state index is 12.8. The molecule has 3 unspecified atom stereocenters. The maximum Gasteiger partial charge on any atom is 0.340 e. The number of nitrogens with zero attached hydrogens (tertiary/aromatic N) is 1. The number of nitrogens with one attached hydrogen (secondary N) is 1. The summed E-state index contributed by atoms with van der Waals surface area (Å²) in [6.07, 6.45) is 3.50. The molecule has 1 aromatic heterocycles. The Balaban J connectivity index is 1.66. The molecule has 9 nitrogen and oxygen atoms in total. The van der Waals surface area contributed by atoms with E-state index in [0.29, 0.717) is 24.1 Å². The second kappa shape index (κ2) is 8.87. The molecular formula is C22H26N2O7. The Labute approximate surface area is 179 Å². The molecule has 0 saturated carbocycles. The van der Waals surface area contributed by atoms with Crippen molar-refractivity contribution in [3.8, 4) is 0 Å². The summed E-state index contributed by atoms with van der Waals surface area (Å²) >= 11 is 0. The van der Waals surface area contributed by atoms with Crippen LogP contribution in [-0.2, 0) is 23.9 Å². The van der Waals surface area contributed by atoms with E-state index < -0.39 is 42.2 Å². The quantitative estimate of drug-likeness (QED) is 0.303. The number of imide groups is 1. The highest BCUT2D eigenvalue weighted by Gasteiger charge is 2.48. The average Bonchev–Trinajstić information content (AvgIpc) is 3.16. The monoisotopic (exact) mass is 430 g/mol. The third-order valence-corrected chi connectivity index (χ3v) is 5.73. The number of aryl methyl sites for hydroxylation is 1. The largest absolute Gasteiger partial charge is 0.462 e. The first-order chi connectivity index (χ1) is 14.7. The maximum atomic E-state index is 12.8. The van der Waals surface area contributed by atoms with Crippen molar-refractivity contribution >= 4 is 29.5 Å². The van der Waals surface area contributed by atoms with Gasteiger partial charge in [-0.3, -0.25) is 24.1 Å². The van der Waals surface area contributed by atoms with Gasteiger partial charge in [-0.1, -0.05) is 12.2 Å². The van der Waals surface area contributed by atoms with Crippen LogP contribution in [0.5, 0.6) is 0 Å². The van der Waals surface area contributed by atoms with Crippen molar-refractivity contribution in [3.63, 3.8) is 0 Å². The molecule has 1 N–H and O–H groups in total. The lowest BCUT2D eigenvalue weighted by atomic mass is 9.85.